The fourth-order valence-electron chi connectivity index (χ4n) is 3.73. The molecule has 0 radical (unpaired) electrons. The number of pyridine rings is 1. The molecule has 5 aromatic rings. The molecule has 3 aromatic heterocycles. The number of aromatic nitrogens is 6. The number of para-hydroxylation sites is 1. The average molecular weight is 433 g/mol. The Hall–Kier alpha value is -4.84. The lowest BCUT2D eigenvalue weighted by Gasteiger charge is -2.08. The molecule has 0 aliphatic rings. The van der Waals surface area contributed by atoms with Gasteiger partial charge in [-0.2, -0.15) is 5.26 Å². The number of nitriles is 1. The SMILES string of the molecule is Cc1c(C#N)cccc1-c1cc(-c2cn(Cc3ccc4cccc(N)c4n3)nn2)nc(N)n1. The van der Waals surface area contributed by atoms with Gasteiger partial charge in [-0.3, -0.25) is 0 Å². The summed E-state index contributed by atoms with van der Waals surface area (Å²) < 4.78 is 1.68. The van der Waals surface area contributed by atoms with Gasteiger partial charge in [0.1, 0.15) is 5.69 Å². The summed E-state index contributed by atoms with van der Waals surface area (Å²) in [6, 6.07) is 19.1. The third kappa shape index (κ3) is 3.81. The molecule has 0 bridgehead atoms. The van der Waals surface area contributed by atoms with Gasteiger partial charge in [0.25, 0.3) is 0 Å². The van der Waals surface area contributed by atoms with E-state index in [4.69, 9.17) is 11.5 Å². The first-order valence-electron chi connectivity index (χ1n) is 10.2. The van der Waals surface area contributed by atoms with E-state index < -0.39 is 0 Å². The maximum absolute atomic E-state index is 9.33. The van der Waals surface area contributed by atoms with E-state index in [0.29, 0.717) is 34.9 Å². The van der Waals surface area contributed by atoms with Crippen LogP contribution in [-0.4, -0.2) is 29.9 Å². The number of nitrogens with two attached hydrogens (primary N) is 2. The second-order valence-electron chi connectivity index (χ2n) is 7.61. The predicted molar refractivity (Wildman–Crippen MR) is 126 cm³/mol. The molecular weight excluding hydrogens is 414 g/mol. The zero-order valence-electron chi connectivity index (χ0n) is 17.8. The van der Waals surface area contributed by atoms with Gasteiger partial charge < -0.3 is 11.5 Å². The molecule has 0 unspecified atom stereocenters. The number of nitrogen functional groups attached to an aromatic ring is 2. The average Bonchev–Trinajstić information content (AvgIpc) is 3.28. The summed E-state index contributed by atoms with van der Waals surface area (Å²) in [5, 5.41) is 18.8. The number of rotatable bonds is 4. The first-order valence-corrected chi connectivity index (χ1v) is 10.2. The molecule has 160 valence electrons. The van der Waals surface area contributed by atoms with Crippen molar-refractivity contribution in [2.24, 2.45) is 0 Å². The molecule has 0 saturated heterocycles. The van der Waals surface area contributed by atoms with Crippen LogP contribution < -0.4 is 11.5 Å². The Bertz CT molecular complexity index is 1550. The molecule has 33 heavy (non-hydrogen) atoms. The minimum Gasteiger partial charge on any atom is -0.397 e. The van der Waals surface area contributed by atoms with Crippen molar-refractivity contribution < 1.29 is 0 Å². The van der Waals surface area contributed by atoms with Crippen LogP contribution in [0.4, 0.5) is 11.6 Å². The molecule has 0 spiro atoms. The molecule has 4 N–H and O–H groups in total. The van der Waals surface area contributed by atoms with E-state index in [0.717, 1.165) is 27.7 Å². The second-order valence-corrected chi connectivity index (χ2v) is 7.61. The van der Waals surface area contributed by atoms with Gasteiger partial charge in [0.05, 0.1) is 52.7 Å². The van der Waals surface area contributed by atoms with Gasteiger partial charge in [-0.25, -0.2) is 19.6 Å². The fourth-order valence-corrected chi connectivity index (χ4v) is 3.73. The Labute approximate surface area is 189 Å². The molecular formula is C24H19N9. The van der Waals surface area contributed by atoms with Gasteiger partial charge in [-0.15, -0.1) is 5.10 Å². The van der Waals surface area contributed by atoms with Crippen molar-refractivity contribution in [1.82, 2.24) is 29.9 Å². The van der Waals surface area contributed by atoms with Crippen molar-refractivity contribution >= 4 is 22.5 Å². The van der Waals surface area contributed by atoms with Gasteiger partial charge in [0.2, 0.25) is 5.95 Å². The summed E-state index contributed by atoms with van der Waals surface area (Å²) in [6.45, 7) is 2.31. The van der Waals surface area contributed by atoms with Crippen LogP contribution in [0.1, 0.15) is 16.8 Å². The first kappa shape index (κ1) is 20.1. The molecule has 0 saturated carbocycles. The van der Waals surface area contributed by atoms with Crippen LogP contribution in [0.15, 0.2) is 60.8 Å². The number of anilines is 2. The van der Waals surface area contributed by atoms with E-state index in [-0.39, 0.29) is 5.95 Å². The zero-order valence-corrected chi connectivity index (χ0v) is 17.8. The lowest BCUT2D eigenvalue weighted by molar-refractivity contribution is 0.640. The highest BCUT2D eigenvalue weighted by molar-refractivity contribution is 5.89. The zero-order chi connectivity index (χ0) is 22.9. The normalized spacial score (nSPS) is 10.9. The van der Waals surface area contributed by atoms with Crippen molar-refractivity contribution in [1.29, 1.82) is 5.26 Å². The Balaban J connectivity index is 1.47. The Morgan fingerprint density at radius 3 is 2.61 bits per heavy atom. The third-order valence-corrected chi connectivity index (χ3v) is 5.41. The van der Waals surface area contributed by atoms with Crippen LogP contribution in [0.3, 0.4) is 0 Å². The van der Waals surface area contributed by atoms with Crippen molar-refractivity contribution in [2.75, 3.05) is 11.5 Å². The van der Waals surface area contributed by atoms with Gasteiger partial charge in [-0.05, 0) is 36.8 Å². The lowest BCUT2D eigenvalue weighted by atomic mass is 10.00. The van der Waals surface area contributed by atoms with E-state index in [9.17, 15) is 5.26 Å². The Morgan fingerprint density at radius 2 is 1.76 bits per heavy atom. The standard InChI is InChI=1S/C24H19N9/c1-14-16(11-25)5-2-6-18(14)20-10-21(30-24(27)29-20)22-13-33(32-31-22)12-17-9-8-15-4-3-7-19(26)23(15)28-17/h2-10,13H,12,26H2,1H3,(H2,27,29,30). The molecule has 9 heteroatoms. The van der Waals surface area contributed by atoms with Crippen LogP contribution in [-0.2, 0) is 6.54 Å². The molecule has 5 rings (SSSR count). The number of benzene rings is 2. The largest absolute Gasteiger partial charge is 0.397 e. The molecule has 2 aromatic carbocycles. The van der Waals surface area contributed by atoms with Crippen molar-refractivity contribution in [2.45, 2.75) is 13.5 Å². The van der Waals surface area contributed by atoms with Gasteiger partial charge >= 0.3 is 0 Å². The molecule has 0 atom stereocenters. The number of hydrogen-bond donors (Lipinski definition) is 2. The first-order chi connectivity index (χ1) is 16.0. The van der Waals surface area contributed by atoms with Crippen LogP contribution >= 0.6 is 0 Å². The van der Waals surface area contributed by atoms with E-state index in [1.54, 1.807) is 23.0 Å². The summed E-state index contributed by atoms with van der Waals surface area (Å²) in [5.41, 5.74) is 18.2. The predicted octanol–water partition coefficient (Wildman–Crippen LogP) is 3.34. The summed E-state index contributed by atoms with van der Waals surface area (Å²) in [5.74, 6) is 0.116. The molecule has 9 nitrogen and oxygen atoms in total. The highest BCUT2D eigenvalue weighted by Gasteiger charge is 2.13. The van der Waals surface area contributed by atoms with Crippen molar-refractivity contribution in [3.8, 4) is 28.7 Å². The molecule has 0 aliphatic carbocycles. The second kappa shape index (κ2) is 8.01. The molecule has 0 amide bonds. The number of fused-ring (bicyclic) bond motifs is 1. The van der Waals surface area contributed by atoms with Gasteiger partial charge in [0, 0.05) is 10.9 Å². The fraction of sp³-hybridized carbons (Fsp3) is 0.0833. The highest BCUT2D eigenvalue weighted by Crippen LogP contribution is 2.27. The van der Waals surface area contributed by atoms with Gasteiger partial charge in [-0.1, -0.05) is 35.5 Å². The maximum Gasteiger partial charge on any atom is 0.221 e. The summed E-state index contributed by atoms with van der Waals surface area (Å²) in [7, 11) is 0. The lowest BCUT2D eigenvalue weighted by Crippen LogP contribution is -2.03. The van der Waals surface area contributed by atoms with Crippen molar-refractivity contribution in [3.63, 3.8) is 0 Å². The monoisotopic (exact) mass is 433 g/mol. The van der Waals surface area contributed by atoms with E-state index in [1.165, 1.54) is 0 Å². The minimum atomic E-state index is 0.116. The Kier molecular flexibility index (Phi) is 4.88. The summed E-state index contributed by atoms with van der Waals surface area (Å²) >= 11 is 0. The summed E-state index contributed by atoms with van der Waals surface area (Å²) in [4.78, 5) is 13.3. The molecule has 0 aliphatic heterocycles. The van der Waals surface area contributed by atoms with Crippen LogP contribution in [0.5, 0.6) is 0 Å². The molecule has 0 fully saturated rings. The van der Waals surface area contributed by atoms with Crippen LogP contribution in [0, 0.1) is 18.3 Å². The topological polar surface area (TPSA) is 145 Å². The van der Waals surface area contributed by atoms with Crippen LogP contribution in [0.2, 0.25) is 0 Å². The van der Waals surface area contributed by atoms with Crippen LogP contribution in [0.25, 0.3) is 33.5 Å². The third-order valence-electron chi connectivity index (χ3n) is 5.41. The number of nitrogens with zero attached hydrogens (tertiary/aromatic N) is 7. The maximum atomic E-state index is 9.33. The Morgan fingerprint density at radius 1 is 0.939 bits per heavy atom. The highest BCUT2D eigenvalue weighted by atomic mass is 15.4. The van der Waals surface area contributed by atoms with Crippen molar-refractivity contribution in [3.05, 3.63) is 77.6 Å². The summed E-state index contributed by atoms with van der Waals surface area (Å²) in [6.07, 6.45) is 1.78. The smallest absolute Gasteiger partial charge is 0.221 e. The van der Waals surface area contributed by atoms with E-state index in [2.05, 4.69) is 31.3 Å². The minimum absolute atomic E-state index is 0.116. The quantitative estimate of drug-likeness (QED) is 0.410. The van der Waals surface area contributed by atoms with E-state index in [1.807, 2.05) is 49.4 Å². The van der Waals surface area contributed by atoms with Gasteiger partial charge in [0.15, 0.2) is 0 Å². The molecule has 3 heterocycles. The number of hydrogen-bond acceptors (Lipinski definition) is 8. The van der Waals surface area contributed by atoms with E-state index >= 15 is 0 Å².